The average Bonchev–Trinajstić information content (AvgIpc) is 2.65. The van der Waals surface area contributed by atoms with E-state index >= 15 is 0 Å². The normalized spacial score (nSPS) is 26.3. The van der Waals surface area contributed by atoms with E-state index in [0.717, 1.165) is 6.42 Å². The summed E-state index contributed by atoms with van der Waals surface area (Å²) in [4.78, 5) is 10.9. The van der Waals surface area contributed by atoms with Crippen molar-refractivity contribution in [2.75, 3.05) is 0 Å². The van der Waals surface area contributed by atoms with E-state index < -0.39 is 0 Å². The van der Waals surface area contributed by atoms with Crippen molar-refractivity contribution in [2.24, 2.45) is 0 Å². The number of hydrogen-bond donors (Lipinski definition) is 0. The molecule has 0 aromatic carbocycles. The van der Waals surface area contributed by atoms with Gasteiger partial charge >= 0.3 is 5.97 Å². The summed E-state index contributed by atoms with van der Waals surface area (Å²) in [6.07, 6.45) is 6.85. The average molecular weight is 210 g/mol. The van der Waals surface area contributed by atoms with Gasteiger partial charge in [0.05, 0.1) is 12.2 Å². The molecule has 0 radical (unpaired) electrons. The van der Waals surface area contributed by atoms with E-state index in [-0.39, 0.29) is 24.3 Å². The molecule has 0 saturated heterocycles. The highest BCUT2D eigenvalue weighted by atomic mass is 16.5. The summed E-state index contributed by atoms with van der Waals surface area (Å²) in [5.74, 6) is -0.381. The Kier molecular flexibility index (Phi) is 4.56. The zero-order valence-electron chi connectivity index (χ0n) is 9.31. The van der Waals surface area contributed by atoms with Crippen LogP contribution in [0.1, 0.15) is 26.7 Å². The molecule has 0 spiro atoms. The summed E-state index contributed by atoms with van der Waals surface area (Å²) in [7, 11) is 0. The molecule has 0 N–H and O–H groups in total. The predicted molar refractivity (Wildman–Crippen MR) is 58.5 cm³/mol. The molecule has 1 unspecified atom stereocenters. The lowest BCUT2D eigenvalue weighted by Crippen LogP contribution is -2.20. The quantitative estimate of drug-likeness (QED) is 0.396. The first kappa shape index (κ1) is 12.0. The third-order valence-electron chi connectivity index (χ3n) is 2.42. The van der Waals surface area contributed by atoms with Gasteiger partial charge in [-0.2, -0.15) is 0 Å². The zero-order valence-corrected chi connectivity index (χ0v) is 9.31. The highest BCUT2D eigenvalue weighted by Crippen LogP contribution is 2.19. The maximum atomic E-state index is 10.9. The summed E-state index contributed by atoms with van der Waals surface area (Å²) in [6, 6.07) is 0. The molecule has 3 atom stereocenters. The van der Waals surface area contributed by atoms with Gasteiger partial charge in [0.25, 0.3) is 0 Å². The van der Waals surface area contributed by atoms with Crippen LogP contribution in [0.2, 0.25) is 0 Å². The van der Waals surface area contributed by atoms with E-state index in [0.29, 0.717) is 6.42 Å². The number of carbonyl (C=O) groups is 1. The van der Waals surface area contributed by atoms with Crippen molar-refractivity contribution >= 4 is 5.97 Å². The van der Waals surface area contributed by atoms with E-state index in [9.17, 15) is 4.79 Å². The maximum Gasteiger partial charge on any atom is 0.330 e. The molecule has 0 amide bonds. The third-order valence-corrected chi connectivity index (χ3v) is 2.42. The molecule has 1 rings (SSSR count). The number of ether oxygens (including phenoxy) is 2. The Morgan fingerprint density at radius 1 is 1.60 bits per heavy atom. The van der Waals surface area contributed by atoms with E-state index in [1.165, 1.54) is 6.08 Å². The number of hydrogen-bond acceptors (Lipinski definition) is 3. The van der Waals surface area contributed by atoms with Crippen molar-refractivity contribution in [3.8, 4) is 0 Å². The number of rotatable bonds is 5. The van der Waals surface area contributed by atoms with Crippen LogP contribution in [0.4, 0.5) is 0 Å². The van der Waals surface area contributed by atoms with E-state index in [4.69, 9.17) is 9.47 Å². The van der Waals surface area contributed by atoms with Crippen molar-refractivity contribution < 1.29 is 14.3 Å². The molecule has 3 nitrogen and oxygen atoms in total. The van der Waals surface area contributed by atoms with Gasteiger partial charge in [0.2, 0.25) is 0 Å². The minimum absolute atomic E-state index is 0.0718. The van der Waals surface area contributed by atoms with E-state index in [1.807, 2.05) is 19.1 Å². The van der Waals surface area contributed by atoms with E-state index in [1.54, 1.807) is 0 Å². The van der Waals surface area contributed by atoms with Crippen molar-refractivity contribution in [3.63, 3.8) is 0 Å². The lowest BCUT2D eigenvalue weighted by molar-refractivity contribution is -0.141. The van der Waals surface area contributed by atoms with Crippen LogP contribution < -0.4 is 0 Å². The summed E-state index contributed by atoms with van der Waals surface area (Å²) in [5.41, 5.74) is 0. The second-order valence-electron chi connectivity index (χ2n) is 3.69. The van der Waals surface area contributed by atoms with Crippen molar-refractivity contribution in [2.45, 2.75) is 45.0 Å². The molecule has 1 aliphatic rings. The fourth-order valence-electron chi connectivity index (χ4n) is 1.41. The molecular weight excluding hydrogens is 192 g/mol. The smallest absolute Gasteiger partial charge is 0.330 e. The Hall–Kier alpha value is -1.09. The van der Waals surface area contributed by atoms with Crippen LogP contribution >= 0.6 is 0 Å². The summed E-state index contributed by atoms with van der Waals surface area (Å²) in [5, 5.41) is 0. The Bertz CT molecular complexity index is 258. The van der Waals surface area contributed by atoms with Crippen LogP contribution in [0.15, 0.2) is 24.8 Å². The molecule has 0 heterocycles. The van der Waals surface area contributed by atoms with Crippen LogP contribution in [0.25, 0.3) is 0 Å². The topological polar surface area (TPSA) is 35.5 Å². The van der Waals surface area contributed by atoms with Crippen molar-refractivity contribution in [1.29, 1.82) is 0 Å². The Labute approximate surface area is 90.8 Å². The number of carbonyl (C=O) groups excluding carboxylic acids is 1. The summed E-state index contributed by atoms with van der Waals surface area (Å²) < 4.78 is 10.8. The minimum atomic E-state index is -0.381. The lowest BCUT2D eigenvalue weighted by atomic mass is 10.2. The predicted octanol–water partition coefficient (Wildman–Crippen LogP) is 2.23. The molecule has 0 aromatic heterocycles. The molecule has 0 aliphatic heterocycles. The molecule has 15 heavy (non-hydrogen) atoms. The van der Waals surface area contributed by atoms with Crippen LogP contribution in [0, 0.1) is 0 Å². The van der Waals surface area contributed by atoms with Gasteiger partial charge in [-0.25, -0.2) is 4.79 Å². The molecule has 1 aliphatic carbocycles. The van der Waals surface area contributed by atoms with Gasteiger partial charge in [-0.15, -0.1) is 0 Å². The molecule has 0 saturated carbocycles. The molecular formula is C12H18O3. The second-order valence-corrected chi connectivity index (χ2v) is 3.69. The first-order valence-electron chi connectivity index (χ1n) is 5.32. The van der Waals surface area contributed by atoms with Gasteiger partial charge < -0.3 is 9.47 Å². The Morgan fingerprint density at radius 3 is 2.87 bits per heavy atom. The van der Waals surface area contributed by atoms with E-state index in [2.05, 4.69) is 13.5 Å². The standard InChI is InChI=1S/C12H18O3/c1-4-9(3)14-10-6-7-11(8-10)15-12(13)5-2/h5-7,9-11H,2,4,8H2,1,3H3/t9?,10-,11-/m1/s1. The van der Waals surface area contributed by atoms with Crippen LogP contribution in [-0.4, -0.2) is 24.3 Å². The highest BCUT2D eigenvalue weighted by molar-refractivity contribution is 5.81. The molecule has 0 fully saturated rings. The molecule has 3 heteroatoms. The third kappa shape index (κ3) is 3.88. The van der Waals surface area contributed by atoms with Gasteiger partial charge in [0.1, 0.15) is 6.10 Å². The Morgan fingerprint density at radius 2 is 2.27 bits per heavy atom. The van der Waals surface area contributed by atoms with Gasteiger partial charge in [-0.3, -0.25) is 0 Å². The van der Waals surface area contributed by atoms with Crippen molar-refractivity contribution in [1.82, 2.24) is 0 Å². The molecule has 0 bridgehead atoms. The second kappa shape index (κ2) is 5.71. The van der Waals surface area contributed by atoms with Crippen LogP contribution in [0.5, 0.6) is 0 Å². The van der Waals surface area contributed by atoms with Crippen LogP contribution in [0.3, 0.4) is 0 Å². The first-order chi connectivity index (χ1) is 7.15. The minimum Gasteiger partial charge on any atom is -0.455 e. The lowest BCUT2D eigenvalue weighted by Gasteiger charge is -2.17. The largest absolute Gasteiger partial charge is 0.455 e. The van der Waals surface area contributed by atoms with Gasteiger partial charge in [0, 0.05) is 12.5 Å². The maximum absolute atomic E-state index is 10.9. The fourth-order valence-corrected chi connectivity index (χ4v) is 1.41. The SMILES string of the molecule is C=CC(=O)O[C@@H]1C=C[C@@H](OC(C)CC)C1. The molecule has 0 aromatic rings. The molecule has 84 valence electrons. The zero-order chi connectivity index (χ0) is 11.3. The van der Waals surface area contributed by atoms with Crippen molar-refractivity contribution in [3.05, 3.63) is 24.8 Å². The first-order valence-corrected chi connectivity index (χ1v) is 5.32. The van der Waals surface area contributed by atoms with Gasteiger partial charge in [0.15, 0.2) is 0 Å². The van der Waals surface area contributed by atoms with Gasteiger partial charge in [-0.05, 0) is 19.4 Å². The monoisotopic (exact) mass is 210 g/mol. The summed E-state index contributed by atoms with van der Waals surface area (Å²) in [6.45, 7) is 7.47. The Balaban J connectivity index is 2.31. The van der Waals surface area contributed by atoms with Crippen LogP contribution in [-0.2, 0) is 14.3 Å². The summed E-state index contributed by atoms with van der Waals surface area (Å²) >= 11 is 0. The highest BCUT2D eigenvalue weighted by Gasteiger charge is 2.22. The number of esters is 1. The fraction of sp³-hybridized carbons (Fsp3) is 0.583. The van der Waals surface area contributed by atoms with Gasteiger partial charge in [-0.1, -0.05) is 19.6 Å².